The summed E-state index contributed by atoms with van der Waals surface area (Å²) in [5.41, 5.74) is 2.32. The summed E-state index contributed by atoms with van der Waals surface area (Å²) in [6.07, 6.45) is 3.94. The van der Waals surface area contributed by atoms with E-state index in [2.05, 4.69) is 21.2 Å². The quantitative estimate of drug-likeness (QED) is 0.264. The van der Waals surface area contributed by atoms with Gasteiger partial charge in [0.25, 0.3) is 0 Å². The fourth-order valence-electron chi connectivity index (χ4n) is 7.34. The number of amides is 1. The number of nitrogens with zero attached hydrogens (tertiary/aromatic N) is 1. The number of hydrogen-bond acceptors (Lipinski definition) is 7. The maximum absolute atomic E-state index is 15.0. The molecule has 4 aromatic rings. The molecule has 9 heteroatoms. The van der Waals surface area contributed by atoms with Crippen LogP contribution < -0.4 is 24.4 Å². The van der Waals surface area contributed by atoms with Gasteiger partial charge in [0.1, 0.15) is 17.2 Å². The minimum absolute atomic E-state index is 0.0566. The van der Waals surface area contributed by atoms with Crippen LogP contribution in [0.25, 0.3) is 6.08 Å². The van der Waals surface area contributed by atoms with E-state index in [4.69, 9.17) is 14.2 Å². The van der Waals surface area contributed by atoms with E-state index in [1.165, 1.54) is 0 Å². The van der Waals surface area contributed by atoms with E-state index in [1.807, 2.05) is 65.6 Å². The van der Waals surface area contributed by atoms with Gasteiger partial charge in [0.05, 0.1) is 23.5 Å². The number of para-hydroxylation sites is 2. The van der Waals surface area contributed by atoms with Crippen molar-refractivity contribution in [1.29, 1.82) is 0 Å². The van der Waals surface area contributed by atoms with Crippen molar-refractivity contribution in [2.24, 2.45) is 5.92 Å². The first-order valence-electron chi connectivity index (χ1n) is 14.2. The van der Waals surface area contributed by atoms with Gasteiger partial charge >= 0.3 is 0 Å². The molecule has 0 radical (unpaired) electrons. The first kappa shape index (κ1) is 26.7. The van der Waals surface area contributed by atoms with Crippen LogP contribution in [-0.4, -0.2) is 43.5 Å². The smallest absolute Gasteiger partial charge is 0.238 e. The summed E-state index contributed by atoms with van der Waals surface area (Å²) in [4.78, 5) is 46.4. The van der Waals surface area contributed by atoms with Crippen LogP contribution in [0.3, 0.4) is 0 Å². The third-order valence-electron chi connectivity index (χ3n) is 9.19. The lowest BCUT2D eigenvalue weighted by molar-refractivity contribution is -0.121. The number of anilines is 2. The van der Waals surface area contributed by atoms with E-state index in [-0.39, 0.29) is 24.3 Å². The Hall–Kier alpha value is -4.89. The summed E-state index contributed by atoms with van der Waals surface area (Å²) >= 11 is 3.52. The van der Waals surface area contributed by atoms with Gasteiger partial charge in [-0.25, -0.2) is 0 Å². The van der Waals surface area contributed by atoms with Crippen molar-refractivity contribution in [2.45, 2.75) is 17.5 Å². The normalized spacial score (nSPS) is 23.6. The van der Waals surface area contributed by atoms with Crippen LogP contribution in [0.15, 0.2) is 95.5 Å². The van der Waals surface area contributed by atoms with Crippen LogP contribution >= 0.6 is 15.9 Å². The van der Waals surface area contributed by atoms with Crippen LogP contribution in [0.2, 0.25) is 0 Å². The van der Waals surface area contributed by atoms with Crippen molar-refractivity contribution < 1.29 is 28.6 Å². The molecule has 0 saturated carbocycles. The lowest BCUT2D eigenvalue weighted by Crippen LogP contribution is -2.51. The first-order valence-corrected chi connectivity index (χ1v) is 15.0. The van der Waals surface area contributed by atoms with Gasteiger partial charge in [-0.1, -0.05) is 48.6 Å². The predicted molar refractivity (Wildman–Crippen MR) is 168 cm³/mol. The van der Waals surface area contributed by atoms with Crippen LogP contribution in [0.1, 0.15) is 31.8 Å². The molecule has 0 aromatic heterocycles. The van der Waals surface area contributed by atoms with Crippen LogP contribution in [-0.2, 0) is 10.2 Å². The van der Waals surface area contributed by atoms with Crippen molar-refractivity contribution >= 4 is 50.9 Å². The average molecular weight is 649 g/mol. The molecule has 4 aromatic carbocycles. The number of carbonyl (C=O) groups excluding carboxylic acids is 3. The van der Waals surface area contributed by atoms with Gasteiger partial charge in [-0.3, -0.25) is 14.4 Å². The largest absolute Gasteiger partial charge is 0.496 e. The van der Waals surface area contributed by atoms with E-state index in [0.29, 0.717) is 44.1 Å². The summed E-state index contributed by atoms with van der Waals surface area (Å²) in [5.74, 6) is -0.465. The SMILES string of the molecule is COc1ccc(C(=O)[C@H]2[C@@H](C(=O)c3ccc4c(c3)OCO4)[C@]3(C(=O)Nc4ccccc43)[C@H]3C=Cc4ccccc4N23)cc1Br. The Balaban J connectivity index is 1.40. The Bertz CT molecular complexity index is 1940. The van der Waals surface area contributed by atoms with Gasteiger partial charge in [-0.05, 0) is 75.6 Å². The number of hydrogen-bond donors (Lipinski definition) is 1. The molecular formula is C35H25BrN2O6. The molecule has 0 unspecified atom stereocenters. The zero-order chi connectivity index (χ0) is 30.2. The number of carbonyl (C=O) groups is 3. The molecule has 0 aliphatic carbocycles. The highest BCUT2D eigenvalue weighted by atomic mass is 79.9. The molecule has 4 atom stereocenters. The van der Waals surface area contributed by atoms with Crippen LogP contribution in [0.5, 0.6) is 17.2 Å². The van der Waals surface area contributed by atoms with Gasteiger partial charge in [0.2, 0.25) is 12.7 Å². The number of Topliss-reactive ketones (excluding diaryl/α,β-unsaturated/α-hetero) is 2. The molecule has 4 aliphatic rings. The number of ketones is 2. The van der Waals surface area contributed by atoms with Crippen molar-refractivity contribution in [2.75, 3.05) is 24.1 Å². The predicted octanol–water partition coefficient (Wildman–Crippen LogP) is 6.04. The van der Waals surface area contributed by atoms with Crippen LogP contribution in [0.4, 0.5) is 11.4 Å². The van der Waals surface area contributed by atoms with Gasteiger partial charge in [-0.15, -0.1) is 0 Å². The summed E-state index contributed by atoms with van der Waals surface area (Å²) in [6, 6.07) is 23.7. The van der Waals surface area contributed by atoms with Gasteiger partial charge < -0.3 is 24.4 Å². The highest BCUT2D eigenvalue weighted by Crippen LogP contribution is 2.58. The Labute approximate surface area is 261 Å². The molecule has 1 amide bonds. The molecule has 218 valence electrons. The average Bonchev–Trinajstić information content (AvgIpc) is 3.73. The molecule has 4 heterocycles. The summed E-state index contributed by atoms with van der Waals surface area (Å²) < 4.78 is 17.1. The number of halogens is 1. The monoisotopic (exact) mass is 648 g/mol. The van der Waals surface area contributed by atoms with Gasteiger partial charge in [0.15, 0.2) is 23.1 Å². The first-order chi connectivity index (χ1) is 21.4. The summed E-state index contributed by atoms with van der Waals surface area (Å²) in [6.45, 7) is 0.0566. The second-order valence-electron chi connectivity index (χ2n) is 11.2. The van der Waals surface area contributed by atoms with Gasteiger partial charge in [-0.2, -0.15) is 0 Å². The molecule has 8 rings (SSSR count). The van der Waals surface area contributed by atoms with E-state index in [0.717, 1.165) is 11.3 Å². The molecule has 1 saturated heterocycles. The Kier molecular flexibility index (Phi) is 5.96. The van der Waals surface area contributed by atoms with E-state index >= 15 is 4.79 Å². The topological polar surface area (TPSA) is 94.2 Å². The lowest BCUT2D eigenvalue weighted by Gasteiger charge is -2.37. The third-order valence-corrected chi connectivity index (χ3v) is 9.81. The molecule has 1 fully saturated rings. The number of fused-ring (bicyclic) bond motifs is 7. The maximum atomic E-state index is 15.0. The Morgan fingerprint density at radius 2 is 1.68 bits per heavy atom. The standard InChI is InChI=1S/C35H25BrN2O6/c1-42-26-13-10-20(16-23(26)36)33(40)31-30(32(39)21-11-14-27-28(17-21)44-18-43-27)35(22-7-3-4-8-24(22)37-34(35)41)29-15-12-19-6-2-5-9-25(19)38(29)31/h2-17,29-31H,18H2,1H3,(H,37,41)/t29-,30+,31-,35-/m1/s1. The minimum Gasteiger partial charge on any atom is -0.496 e. The molecule has 0 bridgehead atoms. The molecule has 4 aliphatic heterocycles. The van der Waals surface area contributed by atoms with Crippen LogP contribution in [0, 0.1) is 5.92 Å². The van der Waals surface area contributed by atoms with Crippen molar-refractivity contribution in [3.63, 3.8) is 0 Å². The number of nitrogens with one attached hydrogen (secondary N) is 1. The second kappa shape index (κ2) is 9.82. The third kappa shape index (κ3) is 3.59. The Morgan fingerprint density at radius 3 is 2.52 bits per heavy atom. The second-order valence-corrected chi connectivity index (χ2v) is 12.1. The fourth-order valence-corrected chi connectivity index (χ4v) is 7.88. The maximum Gasteiger partial charge on any atom is 0.238 e. The van der Waals surface area contributed by atoms with E-state index in [1.54, 1.807) is 43.5 Å². The zero-order valence-corrected chi connectivity index (χ0v) is 25.0. The minimum atomic E-state index is -1.40. The summed E-state index contributed by atoms with van der Waals surface area (Å²) in [5, 5.41) is 3.06. The molecule has 44 heavy (non-hydrogen) atoms. The van der Waals surface area contributed by atoms with Gasteiger partial charge in [0, 0.05) is 22.5 Å². The highest BCUT2D eigenvalue weighted by molar-refractivity contribution is 9.10. The van der Waals surface area contributed by atoms with E-state index < -0.39 is 23.4 Å². The highest BCUT2D eigenvalue weighted by Gasteiger charge is 2.70. The van der Waals surface area contributed by atoms with E-state index in [9.17, 15) is 9.59 Å². The lowest BCUT2D eigenvalue weighted by atomic mass is 9.64. The molecular weight excluding hydrogens is 624 g/mol. The van der Waals surface area contributed by atoms with Crippen molar-refractivity contribution in [3.05, 3.63) is 118 Å². The number of rotatable bonds is 5. The molecule has 8 nitrogen and oxygen atoms in total. The van der Waals surface area contributed by atoms with Crippen molar-refractivity contribution in [3.8, 4) is 17.2 Å². The molecule has 1 spiro atoms. The number of benzene rings is 4. The number of ether oxygens (including phenoxy) is 3. The zero-order valence-electron chi connectivity index (χ0n) is 23.5. The summed E-state index contributed by atoms with van der Waals surface area (Å²) in [7, 11) is 1.56. The fraction of sp³-hybridized carbons (Fsp3) is 0.171. The number of methoxy groups -OCH3 is 1. The van der Waals surface area contributed by atoms with Crippen molar-refractivity contribution in [1.82, 2.24) is 0 Å². The molecule has 1 N–H and O–H groups in total. The Morgan fingerprint density at radius 1 is 0.932 bits per heavy atom.